The highest BCUT2D eigenvalue weighted by atomic mass is 16.5. The average molecular weight is 310 g/mol. The number of ether oxygens (including phenoxy) is 1. The summed E-state index contributed by atoms with van der Waals surface area (Å²) in [7, 11) is 0. The molecule has 3 heteroatoms. The van der Waals surface area contributed by atoms with Gasteiger partial charge in [0.1, 0.15) is 0 Å². The molecule has 0 aromatic heterocycles. The zero-order chi connectivity index (χ0) is 15.7. The van der Waals surface area contributed by atoms with Crippen LogP contribution in [0, 0.1) is 0 Å². The van der Waals surface area contributed by atoms with Gasteiger partial charge in [0.2, 0.25) is 0 Å². The SMILES string of the molecule is c1ccc(CCCNc2ccc(CN3CCOCC3)cc2)cc1. The second-order valence-electron chi connectivity index (χ2n) is 6.10. The van der Waals surface area contributed by atoms with E-state index in [9.17, 15) is 0 Å². The van der Waals surface area contributed by atoms with Crippen molar-refractivity contribution in [1.82, 2.24) is 4.90 Å². The Morgan fingerprint density at radius 1 is 0.870 bits per heavy atom. The van der Waals surface area contributed by atoms with Gasteiger partial charge >= 0.3 is 0 Å². The van der Waals surface area contributed by atoms with Gasteiger partial charge < -0.3 is 10.1 Å². The number of nitrogens with zero attached hydrogens (tertiary/aromatic N) is 1. The number of anilines is 1. The lowest BCUT2D eigenvalue weighted by Gasteiger charge is -2.26. The van der Waals surface area contributed by atoms with Gasteiger partial charge in [0.05, 0.1) is 13.2 Å². The van der Waals surface area contributed by atoms with Crippen LogP contribution in [0.4, 0.5) is 5.69 Å². The quantitative estimate of drug-likeness (QED) is 0.791. The standard InChI is InChI=1S/C20H26N2O/c1-2-5-18(6-3-1)7-4-12-21-20-10-8-19(9-11-20)17-22-13-15-23-16-14-22/h1-3,5-6,8-11,21H,4,7,12-17H2. The lowest BCUT2D eigenvalue weighted by Crippen LogP contribution is -2.35. The fourth-order valence-corrected chi connectivity index (χ4v) is 2.92. The minimum absolute atomic E-state index is 0.862. The molecule has 0 bridgehead atoms. The predicted octanol–water partition coefficient (Wildman–Crippen LogP) is 3.56. The van der Waals surface area contributed by atoms with Crippen LogP contribution in [-0.2, 0) is 17.7 Å². The van der Waals surface area contributed by atoms with Crippen molar-refractivity contribution in [2.45, 2.75) is 19.4 Å². The van der Waals surface area contributed by atoms with Gasteiger partial charge in [0.25, 0.3) is 0 Å². The van der Waals surface area contributed by atoms with Gasteiger partial charge in [-0.1, -0.05) is 42.5 Å². The van der Waals surface area contributed by atoms with Crippen molar-refractivity contribution in [2.75, 3.05) is 38.2 Å². The van der Waals surface area contributed by atoms with Gasteiger partial charge in [-0.15, -0.1) is 0 Å². The first-order valence-electron chi connectivity index (χ1n) is 8.57. The summed E-state index contributed by atoms with van der Waals surface area (Å²) < 4.78 is 5.39. The van der Waals surface area contributed by atoms with Gasteiger partial charge in [-0.05, 0) is 36.1 Å². The molecule has 3 rings (SSSR count). The van der Waals surface area contributed by atoms with Crippen molar-refractivity contribution >= 4 is 5.69 Å². The molecule has 1 aliphatic rings. The van der Waals surface area contributed by atoms with Crippen LogP contribution in [0.2, 0.25) is 0 Å². The summed E-state index contributed by atoms with van der Waals surface area (Å²) in [4.78, 5) is 2.45. The van der Waals surface area contributed by atoms with Crippen LogP contribution in [-0.4, -0.2) is 37.7 Å². The average Bonchev–Trinajstić information content (AvgIpc) is 2.62. The summed E-state index contributed by atoms with van der Waals surface area (Å²) in [6, 6.07) is 19.5. The van der Waals surface area contributed by atoms with Crippen LogP contribution in [0.25, 0.3) is 0 Å². The summed E-state index contributed by atoms with van der Waals surface area (Å²) in [5.41, 5.74) is 4.00. The molecule has 3 nitrogen and oxygen atoms in total. The number of nitrogens with one attached hydrogen (secondary N) is 1. The fourth-order valence-electron chi connectivity index (χ4n) is 2.92. The Morgan fingerprint density at radius 3 is 2.35 bits per heavy atom. The van der Waals surface area contributed by atoms with E-state index < -0.39 is 0 Å². The largest absolute Gasteiger partial charge is 0.385 e. The molecule has 23 heavy (non-hydrogen) atoms. The Hall–Kier alpha value is -1.84. The van der Waals surface area contributed by atoms with E-state index in [1.165, 1.54) is 16.8 Å². The maximum atomic E-state index is 5.39. The molecule has 0 unspecified atom stereocenters. The van der Waals surface area contributed by atoms with E-state index in [4.69, 9.17) is 4.74 Å². The van der Waals surface area contributed by atoms with E-state index in [1.807, 2.05) is 0 Å². The molecule has 0 radical (unpaired) electrons. The maximum Gasteiger partial charge on any atom is 0.0594 e. The molecule has 0 atom stereocenters. The maximum absolute atomic E-state index is 5.39. The second-order valence-corrected chi connectivity index (χ2v) is 6.10. The molecule has 0 spiro atoms. The molecule has 1 saturated heterocycles. The zero-order valence-electron chi connectivity index (χ0n) is 13.7. The molecule has 2 aromatic carbocycles. The van der Waals surface area contributed by atoms with Gasteiger partial charge in [0.15, 0.2) is 0 Å². The third kappa shape index (κ3) is 5.38. The number of hydrogen-bond donors (Lipinski definition) is 1. The lowest BCUT2D eigenvalue weighted by atomic mass is 10.1. The molecule has 0 saturated carbocycles. The van der Waals surface area contributed by atoms with Crippen LogP contribution < -0.4 is 5.32 Å². The molecule has 1 aliphatic heterocycles. The monoisotopic (exact) mass is 310 g/mol. The van der Waals surface area contributed by atoms with E-state index >= 15 is 0 Å². The summed E-state index contributed by atoms with van der Waals surface area (Å²) in [5.74, 6) is 0. The Kier molecular flexibility index (Phi) is 6.07. The van der Waals surface area contributed by atoms with Gasteiger partial charge in [-0.25, -0.2) is 0 Å². The molecule has 1 fully saturated rings. The van der Waals surface area contributed by atoms with Crippen molar-refractivity contribution in [3.8, 4) is 0 Å². The smallest absolute Gasteiger partial charge is 0.0594 e. The van der Waals surface area contributed by atoms with Crippen LogP contribution >= 0.6 is 0 Å². The molecule has 1 N–H and O–H groups in total. The van der Waals surface area contributed by atoms with Crippen molar-refractivity contribution in [1.29, 1.82) is 0 Å². The van der Waals surface area contributed by atoms with Gasteiger partial charge in [-0.2, -0.15) is 0 Å². The number of hydrogen-bond acceptors (Lipinski definition) is 3. The Morgan fingerprint density at radius 2 is 1.61 bits per heavy atom. The second kappa shape index (κ2) is 8.70. The van der Waals surface area contributed by atoms with Crippen LogP contribution in [0.1, 0.15) is 17.5 Å². The third-order valence-electron chi connectivity index (χ3n) is 4.28. The van der Waals surface area contributed by atoms with Crippen molar-refractivity contribution in [3.63, 3.8) is 0 Å². The van der Waals surface area contributed by atoms with Crippen LogP contribution in [0.15, 0.2) is 54.6 Å². The summed E-state index contributed by atoms with van der Waals surface area (Å²) in [6.07, 6.45) is 2.28. The molecule has 122 valence electrons. The van der Waals surface area contributed by atoms with Crippen molar-refractivity contribution in [2.24, 2.45) is 0 Å². The molecule has 1 heterocycles. The Bertz CT molecular complexity index is 562. The predicted molar refractivity (Wildman–Crippen MR) is 95.8 cm³/mol. The van der Waals surface area contributed by atoms with E-state index in [-0.39, 0.29) is 0 Å². The third-order valence-corrected chi connectivity index (χ3v) is 4.28. The van der Waals surface area contributed by atoms with Gasteiger partial charge in [0, 0.05) is 31.9 Å². The first kappa shape index (κ1) is 16.0. The van der Waals surface area contributed by atoms with E-state index in [0.29, 0.717) is 0 Å². The summed E-state index contributed by atoms with van der Waals surface area (Å²) in [5, 5.41) is 3.51. The van der Waals surface area contributed by atoms with E-state index in [1.54, 1.807) is 0 Å². The Labute approximate surface area is 139 Å². The fraction of sp³-hybridized carbons (Fsp3) is 0.400. The topological polar surface area (TPSA) is 24.5 Å². The summed E-state index contributed by atoms with van der Waals surface area (Å²) in [6.45, 7) is 5.84. The summed E-state index contributed by atoms with van der Waals surface area (Å²) >= 11 is 0. The van der Waals surface area contributed by atoms with E-state index in [0.717, 1.165) is 52.2 Å². The first-order chi connectivity index (χ1) is 11.4. The van der Waals surface area contributed by atoms with Gasteiger partial charge in [-0.3, -0.25) is 4.90 Å². The van der Waals surface area contributed by atoms with Crippen molar-refractivity contribution in [3.05, 3.63) is 65.7 Å². The highest BCUT2D eigenvalue weighted by Gasteiger charge is 2.10. The van der Waals surface area contributed by atoms with Crippen LogP contribution in [0.5, 0.6) is 0 Å². The number of aryl methyl sites for hydroxylation is 1. The van der Waals surface area contributed by atoms with E-state index in [2.05, 4.69) is 64.8 Å². The molecule has 0 aliphatic carbocycles. The minimum atomic E-state index is 0.862. The number of morpholine rings is 1. The minimum Gasteiger partial charge on any atom is -0.385 e. The van der Waals surface area contributed by atoms with Crippen LogP contribution in [0.3, 0.4) is 0 Å². The molecule has 2 aromatic rings. The normalized spacial score (nSPS) is 15.5. The molecular weight excluding hydrogens is 284 g/mol. The number of rotatable bonds is 7. The first-order valence-corrected chi connectivity index (χ1v) is 8.57. The van der Waals surface area contributed by atoms with Crippen molar-refractivity contribution < 1.29 is 4.74 Å². The lowest BCUT2D eigenvalue weighted by molar-refractivity contribution is 0.0342. The zero-order valence-corrected chi connectivity index (χ0v) is 13.7. The highest BCUT2D eigenvalue weighted by molar-refractivity contribution is 5.44. The molecule has 0 amide bonds. The highest BCUT2D eigenvalue weighted by Crippen LogP contribution is 2.13. The molecular formula is C20H26N2O. The number of benzene rings is 2. The Balaban J connectivity index is 1.39.